The average molecular weight is 362 g/mol. The zero-order chi connectivity index (χ0) is 18.1. The summed E-state index contributed by atoms with van der Waals surface area (Å²) < 4.78 is 7.24. The van der Waals surface area contributed by atoms with Crippen molar-refractivity contribution < 1.29 is 4.74 Å². The Bertz CT molecular complexity index is 1060. The highest BCUT2D eigenvalue weighted by Crippen LogP contribution is 2.34. The molecule has 0 saturated heterocycles. The summed E-state index contributed by atoms with van der Waals surface area (Å²) in [6.45, 7) is 0. The molecule has 0 spiro atoms. The minimum absolute atomic E-state index is 0.452. The van der Waals surface area contributed by atoms with Gasteiger partial charge >= 0.3 is 0 Å². The average Bonchev–Trinajstić information content (AvgIpc) is 3.06. The molecule has 0 saturated carbocycles. The van der Waals surface area contributed by atoms with Gasteiger partial charge in [-0.05, 0) is 48.7 Å². The maximum absolute atomic E-state index is 5.85. The zero-order valence-electron chi connectivity index (χ0n) is 14.5. The SMILES string of the molecule is COc1ccc(-c2nc3nc(N)ccn3c2-c2ccc(SC)cc2)cc1. The molecule has 2 aromatic heterocycles. The second-order valence-electron chi connectivity index (χ2n) is 5.79. The van der Waals surface area contributed by atoms with E-state index in [9.17, 15) is 0 Å². The number of rotatable bonds is 4. The number of methoxy groups -OCH3 is 1. The molecule has 2 aromatic carbocycles. The van der Waals surface area contributed by atoms with Crippen LogP contribution in [-0.4, -0.2) is 27.7 Å². The number of thioether (sulfide) groups is 1. The maximum Gasteiger partial charge on any atom is 0.236 e. The third-order valence-corrected chi connectivity index (χ3v) is 4.99. The molecule has 4 rings (SSSR count). The molecule has 2 N–H and O–H groups in total. The second-order valence-corrected chi connectivity index (χ2v) is 6.67. The summed E-state index contributed by atoms with van der Waals surface area (Å²) >= 11 is 1.72. The Morgan fingerprint density at radius 2 is 1.62 bits per heavy atom. The van der Waals surface area contributed by atoms with Crippen LogP contribution in [0.25, 0.3) is 28.3 Å². The van der Waals surface area contributed by atoms with Gasteiger partial charge in [-0.25, -0.2) is 4.98 Å². The van der Waals surface area contributed by atoms with Gasteiger partial charge in [-0.3, -0.25) is 4.40 Å². The molecular formula is C20H18N4OS. The topological polar surface area (TPSA) is 65.4 Å². The Hall–Kier alpha value is -2.99. The number of hydrogen-bond donors (Lipinski definition) is 1. The Labute approximate surface area is 155 Å². The molecule has 0 fully saturated rings. The third kappa shape index (κ3) is 2.88. The highest BCUT2D eigenvalue weighted by Gasteiger charge is 2.17. The van der Waals surface area contributed by atoms with Gasteiger partial charge in [0, 0.05) is 22.2 Å². The summed E-state index contributed by atoms with van der Waals surface area (Å²) in [4.78, 5) is 10.3. The van der Waals surface area contributed by atoms with Gasteiger partial charge in [0.1, 0.15) is 11.6 Å². The van der Waals surface area contributed by atoms with E-state index >= 15 is 0 Å². The molecule has 6 heteroatoms. The molecule has 0 aliphatic heterocycles. The van der Waals surface area contributed by atoms with Crippen LogP contribution in [0.1, 0.15) is 0 Å². The Balaban J connectivity index is 1.95. The molecule has 0 aliphatic carbocycles. The van der Waals surface area contributed by atoms with Crippen molar-refractivity contribution in [1.82, 2.24) is 14.4 Å². The lowest BCUT2D eigenvalue weighted by Gasteiger charge is -2.07. The van der Waals surface area contributed by atoms with Gasteiger partial charge in [0.15, 0.2) is 0 Å². The number of nitrogens with zero attached hydrogens (tertiary/aromatic N) is 3. The van der Waals surface area contributed by atoms with E-state index in [2.05, 4.69) is 35.5 Å². The summed E-state index contributed by atoms with van der Waals surface area (Å²) in [5, 5.41) is 0. The van der Waals surface area contributed by atoms with E-state index in [-0.39, 0.29) is 0 Å². The number of ether oxygens (including phenoxy) is 1. The van der Waals surface area contributed by atoms with Crippen LogP contribution in [0.4, 0.5) is 5.82 Å². The molecule has 0 radical (unpaired) electrons. The molecule has 4 aromatic rings. The summed E-state index contributed by atoms with van der Waals surface area (Å²) in [5.74, 6) is 1.85. The minimum atomic E-state index is 0.452. The Kier molecular flexibility index (Phi) is 4.26. The maximum atomic E-state index is 5.85. The van der Waals surface area contributed by atoms with Gasteiger partial charge in [0.05, 0.1) is 18.5 Å². The van der Waals surface area contributed by atoms with Crippen LogP contribution >= 0.6 is 11.8 Å². The standard InChI is InChI=1S/C20H18N4OS/c1-25-15-7-3-13(4-8-15)18-19(14-5-9-16(26-2)10-6-14)24-12-11-17(21)22-20(24)23-18/h3-12H,1-2H3,(H2,21,22,23). The van der Waals surface area contributed by atoms with E-state index in [1.54, 1.807) is 24.9 Å². The third-order valence-electron chi connectivity index (χ3n) is 4.24. The number of nitrogen functional groups attached to an aromatic ring is 1. The highest BCUT2D eigenvalue weighted by molar-refractivity contribution is 7.98. The second kappa shape index (κ2) is 6.72. The van der Waals surface area contributed by atoms with Gasteiger partial charge in [-0.1, -0.05) is 12.1 Å². The number of fused-ring (bicyclic) bond motifs is 1. The van der Waals surface area contributed by atoms with Crippen molar-refractivity contribution >= 4 is 23.4 Å². The lowest BCUT2D eigenvalue weighted by molar-refractivity contribution is 0.415. The van der Waals surface area contributed by atoms with Crippen molar-refractivity contribution in [2.45, 2.75) is 4.90 Å². The van der Waals surface area contributed by atoms with Crippen molar-refractivity contribution in [3.8, 4) is 28.3 Å². The quantitative estimate of drug-likeness (QED) is 0.546. The predicted molar refractivity (Wildman–Crippen MR) is 107 cm³/mol. The van der Waals surface area contributed by atoms with Gasteiger partial charge in [0.2, 0.25) is 5.78 Å². The molecule has 130 valence electrons. The summed E-state index contributed by atoms with van der Waals surface area (Å²) in [7, 11) is 1.66. The van der Waals surface area contributed by atoms with E-state index in [1.807, 2.05) is 34.9 Å². The van der Waals surface area contributed by atoms with Gasteiger partial charge < -0.3 is 10.5 Å². The molecular weight excluding hydrogens is 344 g/mol. The molecule has 0 atom stereocenters. The zero-order valence-corrected chi connectivity index (χ0v) is 15.3. The first-order chi connectivity index (χ1) is 12.7. The number of benzene rings is 2. The number of imidazole rings is 1. The fourth-order valence-electron chi connectivity index (χ4n) is 2.92. The lowest BCUT2D eigenvalue weighted by Crippen LogP contribution is -1.95. The van der Waals surface area contributed by atoms with Crippen LogP contribution in [0.5, 0.6) is 5.75 Å². The van der Waals surface area contributed by atoms with Crippen LogP contribution in [0.15, 0.2) is 65.7 Å². The monoisotopic (exact) mass is 362 g/mol. The van der Waals surface area contributed by atoms with Gasteiger partial charge in [0.25, 0.3) is 0 Å². The van der Waals surface area contributed by atoms with Crippen molar-refractivity contribution in [1.29, 1.82) is 0 Å². The molecule has 26 heavy (non-hydrogen) atoms. The van der Waals surface area contributed by atoms with Gasteiger partial charge in [-0.2, -0.15) is 4.98 Å². The molecule has 0 aliphatic rings. The minimum Gasteiger partial charge on any atom is -0.497 e. The Morgan fingerprint density at radius 3 is 2.27 bits per heavy atom. The molecule has 5 nitrogen and oxygen atoms in total. The van der Waals surface area contributed by atoms with E-state index in [4.69, 9.17) is 15.5 Å². The van der Waals surface area contributed by atoms with Crippen LogP contribution in [0, 0.1) is 0 Å². The lowest BCUT2D eigenvalue weighted by atomic mass is 10.0. The van der Waals surface area contributed by atoms with E-state index in [0.717, 1.165) is 28.3 Å². The van der Waals surface area contributed by atoms with Crippen molar-refractivity contribution in [3.05, 3.63) is 60.8 Å². The summed E-state index contributed by atoms with van der Waals surface area (Å²) in [6, 6.07) is 18.1. The first-order valence-corrected chi connectivity index (χ1v) is 9.35. The normalized spacial score (nSPS) is 11.0. The van der Waals surface area contributed by atoms with Gasteiger partial charge in [-0.15, -0.1) is 11.8 Å². The molecule has 0 bridgehead atoms. The van der Waals surface area contributed by atoms with Crippen molar-refractivity contribution in [3.63, 3.8) is 0 Å². The largest absolute Gasteiger partial charge is 0.497 e. The van der Waals surface area contributed by atoms with E-state index in [0.29, 0.717) is 11.6 Å². The van der Waals surface area contributed by atoms with E-state index < -0.39 is 0 Å². The molecule has 0 amide bonds. The van der Waals surface area contributed by atoms with Crippen LogP contribution in [0.3, 0.4) is 0 Å². The summed E-state index contributed by atoms with van der Waals surface area (Å²) in [6.07, 6.45) is 3.98. The Morgan fingerprint density at radius 1 is 0.923 bits per heavy atom. The number of nitrogens with two attached hydrogens (primary N) is 1. The van der Waals surface area contributed by atoms with Crippen molar-refractivity contribution in [2.24, 2.45) is 0 Å². The number of aromatic nitrogens is 3. The molecule has 2 heterocycles. The predicted octanol–water partition coefficient (Wildman–Crippen LogP) is 4.38. The fourth-order valence-corrected chi connectivity index (χ4v) is 3.33. The number of anilines is 1. The van der Waals surface area contributed by atoms with Crippen molar-refractivity contribution in [2.75, 3.05) is 19.1 Å². The summed E-state index contributed by atoms with van der Waals surface area (Å²) in [5.41, 5.74) is 9.78. The smallest absolute Gasteiger partial charge is 0.236 e. The van der Waals surface area contributed by atoms with Crippen LogP contribution < -0.4 is 10.5 Å². The first kappa shape index (κ1) is 16.5. The highest BCUT2D eigenvalue weighted by atomic mass is 32.2. The van der Waals surface area contributed by atoms with Crippen LogP contribution in [-0.2, 0) is 0 Å². The number of hydrogen-bond acceptors (Lipinski definition) is 5. The van der Waals surface area contributed by atoms with Crippen LogP contribution in [0.2, 0.25) is 0 Å². The first-order valence-electron chi connectivity index (χ1n) is 8.13. The molecule has 0 unspecified atom stereocenters. The fraction of sp³-hybridized carbons (Fsp3) is 0.100. The van der Waals surface area contributed by atoms with E-state index in [1.165, 1.54) is 4.90 Å².